The molecule has 6 rings (SSSR count). The van der Waals surface area contributed by atoms with Crippen molar-refractivity contribution in [3.8, 4) is 17.2 Å². The molecule has 194 valence electrons. The van der Waals surface area contributed by atoms with Crippen molar-refractivity contribution in [2.45, 2.75) is 25.8 Å². The Labute approximate surface area is 221 Å². The number of pyridine rings is 1. The summed E-state index contributed by atoms with van der Waals surface area (Å²) in [6, 6.07) is 12.3. The summed E-state index contributed by atoms with van der Waals surface area (Å²) in [5.41, 5.74) is 1.59. The zero-order valence-corrected chi connectivity index (χ0v) is 21.2. The molecular formula is C27H24FN5O4S. The predicted molar refractivity (Wildman–Crippen MR) is 143 cm³/mol. The van der Waals surface area contributed by atoms with Gasteiger partial charge < -0.3 is 25.5 Å². The molecule has 38 heavy (non-hydrogen) atoms. The van der Waals surface area contributed by atoms with Crippen molar-refractivity contribution in [2.75, 3.05) is 23.5 Å². The van der Waals surface area contributed by atoms with E-state index in [0.717, 1.165) is 24.4 Å². The number of halogens is 1. The van der Waals surface area contributed by atoms with E-state index in [1.165, 1.54) is 17.4 Å². The van der Waals surface area contributed by atoms with E-state index in [4.69, 9.17) is 9.57 Å². The maximum Gasteiger partial charge on any atom is 0.359 e. The third-order valence-corrected chi connectivity index (χ3v) is 7.54. The molecule has 4 heterocycles. The summed E-state index contributed by atoms with van der Waals surface area (Å²) >= 11 is 1.23. The average molecular weight is 534 g/mol. The number of piperidine rings is 1. The number of urea groups is 1. The van der Waals surface area contributed by atoms with E-state index in [-0.39, 0.29) is 17.7 Å². The lowest BCUT2D eigenvalue weighted by Crippen LogP contribution is -2.45. The van der Waals surface area contributed by atoms with Crippen molar-refractivity contribution in [3.63, 3.8) is 0 Å². The minimum atomic E-state index is -0.539. The molecule has 0 bridgehead atoms. The van der Waals surface area contributed by atoms with Gasteiger partial charge in [0.2, 0.25) is 0 Å². The van der Waals surface area contributed by atoms with Crippen molar-refractivity contribution in [1.82, 2.24) is 15.6 Å². The molecule has 1 fully saturated rings. The van der Waals surface area contributed by atoms with E-state index in [1.54, 1.807) is 55.6 Å². The minimum Gasteiger partial charge on any atom is -0.454 e. The number of aromatic nitrogens is 1. The molecule has 0 spiro atoms. The number of nitrogens with one attached hydrogen (secondary N) is 3. The number of thiophene rings is 1. The van der Waals surface area contributed by atoms with Crippen LogP contribution in [0.15, 0.2) is 54.7 Å². The summed E-state index contributed by atoms with van der Waals surface area (Å²) in [4.78, 5) is 37.8. The van der Waals surface area contributed by atoms with Crippen LogP contribution >= 0.6 is 11.3 Å². The van der Waals surface area contributed by atoms with Crippen LogP contribution < -0.4 is 30.6 Å². The fourth-order valence-corrected chi connectivity index (χ4v) is 5.60. The van der Waals surface area contributed by atoms with Gasteiger partial charge in [-0.15, -0.1) is 16.4 Å². The van der Waals surface area contributed by atoms with Gasteiger partial charge in [-0.3, -0.25) is 4.79 Å². The Bertz CT molecular complexity index is 1550. The number of nitrogens with zero attached hydrogens (tertiary/aromatic N) is 2. The molecular weight excluding hydrogens is 509 g/mol. The molecule has 1 saturated heterocycles. The molecule has 2 aromatic carbocycles. The van der Waals surface area contributed by atoms with Crippen molar-refractivity contribution in [1.29, 1.82) is 0 Å². The molecule has 1 atom stereocenters. The molecule has 0 unspecified atom stereocenters. The number of aryl methyl sites for hydroxylation is 1. The summed E-state index contributed by atoms with van der Waals surface area (Å²) < 4.78 is 19.6. The fourth-order valence-electron chi connectivity index (χ4n) is 4.58. The summed E-state index contributed by atoms with van der Waals surface area (Å²) in [7, 11) is 0. The second-order valence-electron chi connectivity index (χ2n) is 9.11. The van der Waals surface area contributed by atoms with Gasteiger partial charge in [-0.2, -0.15) is 0 Å². The number of rotatable bonds is 6. The summed E-state index contributed by atoms with van der Waals surface area (Å²) in [6.07, 6.45) is 3.48. The topological polar surface area (TPSA) is 105 Å². The Morgan fingerprint density at radius 3 is 2.87 bits per heavy atom. The van der Waals surface area contributed by atoms with E-state index in [0.29, 0.717) is 50.1 Å². The number of amides is 3. The van der Waals surface area contributed by atoms with E-state index in [9.17, 15) is 14.0 Å². The molecule has 9 nitrogen and oxygen atoms in total. The Morgan fingerprint density at radius 2 is 2.08 bits per heavy atom. The molecule has 2 aliphatic heterocycles. The van der Waals surface area contributed by atoms with Gasteiger partial charge in [-0.05, 0) is 68.3 Å². The van der Waals surface area contributed by atoms with Crippen molar-refractivity contribution < 1.29 is 23.6 Å². The summed E-state index contributed by atoms with van der Waals surface area (Å²) in [6.45, 7) is 3.46. The fraction of sp³-hybridized carbons (Fsp3) is 0.222. The number of hydrogen-bond acceptors (Lipinski definition) is 7. The third-order valence-electron chi connectivity index (χ3n) is 6.44. The Morgan fingerprint density at radius 1 is 1.21 bits per heavy atom. The normalized spacial score (nSPS) is 16.7. The van der Waals surface area contributed by atoms with Crippen molar-refractivity contribution in [2.24, 2.45) is 0 Å². The van der Waals surface area contributed by atoms with Gasteiger partial charge in [0.25, 0.3) is 5.91 Å². The first-order valence-electron chi connectivity index (χ1n) is 12.2. The van der Waals surface area contributed by atoms with Crippen LogP contribution in [0.4, 0.5) is 20.6 Å². The molecule has 11 heteroatoms. The van der Waals surface area contributed by atoms with Gasteiger partial charge in [0, 0.05) is 18.8 Å². The van der Waals surface area contributed by atoms with Crippen LogP contribution in [-0.2, 0) is 0 Å². The lowest BCUT2D eigenvalue weighted by Gasteiger charge is -2.28. The van der Waals surface area contributed by atoms with Gasteiger partial charge in [-0.1, -0.05) is 12.1 Å². The Hall–Kier alpha value is -4.22. The number of para-hydroxylation sites is 1. The highest BCUT2D eigenvalue weighted by atomic mass is 32.1. The van der Waals surface area contributed by atoms with E-state index < -0.39 is 11.8 Å². The molecule has 3 N–H and O–H groups in total. The number of carbonyl (C=O) groups excluding carboxylic acids is 2. The number of hydrogen-bond donors (Lipinski definition) is 3. The van der Waals surface area contributed by atoms with Crippen LogP contribution in [-0.4, -0.2) is 36.1 Å². The van der Waals surface area contributed by atoms with Crippen LogP contribution in [0.5, 0.6) is 17.2 Å². The van der Waals surface area contributed by atoms with E-state index in [1.807, 2.05) is 0 Å². The minimum absolute atomic E-state index is 0.0357. The second kappa shape index (κ2) is 9.92. The SMILES string of the molecule is Cc1cc(Oc2ccccc2F)ccc1ON1C(=O)Nc2c(C(=O)N[C@@H]3CCCNC3)sc3nccc1c23. The highest BCUT2D eigenvalue weighted by molar-refractivity contribution is 7.21. The number of carbonyl (C=O) groups is 2. The zero-order valence-electron chi connectivity index (χ0n) is 20.4. The first kappa shape index (κ1) is 24.1. The third kappa shape index (κ3) is 4.50. The Balaban J connectivity index is 1.26. The maximum absolute atomic E-state index is 14.0. The van der Waals surface area contributed by atoms with E-state index in [2.05, 4.69) is 20.9 Å². The largest absolute Gasteiger partial charge is 0.454 e. The maximum atomic E-state index is 14.0. The molecule has 4 aromatic rings. The van der Waals surface area contributed by atoms with Crippen LogP contribution in [0.25, 0.3) is 10.2 Å². The first-order valence-corrected chi connectivity index (χ1v) is 13.0. The standard InChI is InChI=1S/C27H24FN5O4S/c1-15-13-17(36-21-7-3-2-6-18(21)28)8-9-20(15)37-33-19-10-12-30-26-22(19)23(32-27(33)35)24(38-26)25(34)31-16-5-4-11-29-14-16/h2-3,6-10,12-13,16,29H,4-5,11,14H2,1H3,(H,31,34)(H,32,35)/t16-/m1/s1. The summed E-state index contributed by atoms with van der Waals surface area (Å²) in [5, 5.41) is 11.0. The van der Waals surface area contributed by atoms with Crippen LogP contribution in [0.1, 0.15) is 28.1 Å². The number of anilines is 2. The number of hydroxylamine groups is 1. The van der Waals surface area contributed by atoms with Crippen molar-refractivity contribution in [3.05, 3.63) is 71.0 Å². The lowest BCUT2D eigenvalue weighted by atomic mass is 10.1. The van der Waals surface area contributed by atoms with Gasteiger partial charge in [0.05, 0.1) is 11.1 Å². The van der Waals surface area contributed by atoms with Crippen LogP contribution in [0, 0.1) is 12.7 Å². The van der Waals surface area contributed by atoms with E-state index >= 15 is 0 Å². The molecule has 2 aromatic heterocycles. The van der Waals surface area contributed by atoms with Crippen LogP contribution in [0.3, 0.4) is 0 Å². The van der Waals surface area contributed by atoms with Crippen LogP contribution in [0.2, 0.25) is 0 Å². The molecule has 0 aliphatic carbocycles. The lowest BCUT2D eigenvalue weighted by molar-refractivity contribution is 0.0935. The molecule has 2 aliphatic rings. The number of ether oxygens (including phenoxy) is 1. The van der Waals surface area contributed by atoms with Gasteiger partial charge >= 0.3 is 6.03 Å². The van der Waals surface area contributed by atoms with Crippen molar-refractivity contribution >= 4 is 44.9 Å². The van der Waals surface area contributed by atoms with Gasteiger partial charge in [0.1, 0.15) is 21.1 Å². The molecule has 0 saturated carbocycles. The zero-order chi connectivity index (χ0) is 26.2. The molecule has 0 radical (unpaired) electrons. The number of benzene rings is 2. The quantitative estimate of drug-likeness (QED) is 0.308. The predicted octanol–water partition coefficient (Wildman–Crippen LogP) is 5.36. The second-order valence-corrected chi connectivity index (χ2v) is 10.1. The van der Waals surface area contributed by atoms with Gasteiger partial charge in [0.15, 0.2) is 17.3 Å². The summed E-state index contributed by atoms with van der Waals surface area (Å²) in [5.74, 6) is 0.247. The average Bonchev–Trinajstić information content (AvgIpc) is 3.29. The highest BCUT2D eigenvalue weighted by Gasteiger charge is 2.34. The Kier molecular flexibility index (Phi) is 6.30. The smallest absolute Gasteiger partial charge is 0.359 e. The highest BCUT2D eigenvalue weighted by Crippen LogP contribution is 2.44. The molecule has 3 amide bonds. The van der Waals surface area contributed by atoms with Gasteiger partial charge in [-0.25, -0.2) is 14.2 Å². The monoisotopic (exact) mass is 533 g/mol. The first-order chi connectivity index (χ1) is 18.5.